The Bertz CT molecular complexity index is 988. The molecule has 2 aromatic rings. The van der Waals surface area contributed by atoms with Gasteiger partial charge in [0.15, 0.2) is 5.82 Å². The first-order chi connectivity index (χ1) is 15.3. The number of anilines is 3. The average Bonchev–Trinajstić information content (AvgIpc) is 3.58. The zero-order chi connectivity index (χ0) is 22.9. The van der Waals surface area contributed by atoms with E-state index in [1.54, 1.807) is 31.4 Å². The second-order valence-corrected chi connectivity index (χ2v) is 8.94. The van der Waals surface area contributed by atoms with Crippen LogP contribution in [0.25, 0.3) is 0 Å². The molecule has 3 amide bonds. The van der Waals surface area contributed by atoms with Gasteiger partial charge in [-0.05, 0) is 50.3 Å². The quantitative estimate of drug-likeness (QED) is 0.639. The fourth-order valence-corrected chi connectivity index (χ4v) is 4.32. The van der Waals surface area contributed by atoms with Crippen LogP contribution in [0.1, 0.15) is 38.2 Å². The molecule has 9 nitrogen and oxygen atoms in total. The molecule has 4 rings (SSSR count). The number of hydrogen-bond acceptors (Lipinski definition) is 6. The Balaban J connectivity index is 1.45. The molecule has 0 spiro atoms. The minimum atomic E-state index is -0.485. The van der Waals surface area contributed by atoms with Crippen LogP contribution in [-0.4, -0.2) is 59.5 Å². The number of primary amides is 1. The predicted octanol–water partition coefficient (Wildman–Crippen LogP) is 2.37. The third-order valence-corrected chi connectivity index (χ3v) is 6.55. The van der Waals surface area contributed by atoms with Gasteiger partial charge in [-0.3, -0.25) is 9.78 Å². The largest absolute Gasteiger partial charge is 0.369 e. The van der Waals surface area contributed by atoms with Crippen LogP contribution in [0.5, 0.6) is 0 Å². The lowest BCUT2D eigenvalue weighted by Gasteiger charge is -2.40. The van der Waals surface area contributed by atoms with Crippen LogP contribution in [0, 0.1) is 0 Å². The lowest BCUT2D eigenvalue weighted by molar-refractivity contribution is -0.120. The summed E-state index contributed by atoms with van der Waals surface area (Å²) in [5.74, 6) is 1.15. The molecule has 2 heterocycles. The van der Waals surface area contributed by atoms with Gasteiger partial charge in [-0.15, -0.1) is 0 Å². The molecular formula is C23H31N7O2. The fraction of sp³-hybridized carbons (Fsp3) is 0.478. The topological polar surface area (TPSA) is 116 Å². The maximum Gasteiger partial charge on any atom is 0.317 e. The number of carbonyl (C=O) groups excluding carboxylic acids is 2. The smallest absolute Gasteiger partial charge is 0.317 e. The van der Waals surface area contributed by atoms with Gasteiger partial charge >= 0.3 is 6.03 Å². The number of hydrogen-bond donors (Lipinski definition) is 3. The van der Waals surface area contributed by atoms with E-state index in [-0.39, 0.29) is 24.0 Å². The van der Waals surface area contributed by atoms with Crippen molar-refractivity contribution < 1.29 is 9.59 Å². The van der Waals surface area contributed by atoms with E-state index in [0.717, 1.165) is 49.3 Å². The summed E-state index contributed by atoms with van der Waals surface area (Å²) in [7, 11) is 3.48. The number of benzene rings is 1. The van der Waals surface area contributed by atoms with Crippen LogP contribution >= 0.6 is 0 Å². The first-order valence-electron chi connectivity index (χ1n) is 11.0. The number of nitrogens with two attached hydrogens (primary N) is 1. The zero-order valence-electron chi connectivity index (χ0n) is 18.8. The van der Waals surface area contributed by atoms with Gasteiger partial charge in [-0.1, -0.05) is 12.1 Å². The van der Waals surface area contributed by atoms with Crippen molar-refractivity contribution in [2.75, 3.05) is 30.9 Å². The molecule has 4 N–H and O–H groups in total. The van der Waals surface area contributed by atoms with Gasteiger partial charge in [-0.25, -0.2) is 9.78 Å². The third-order valence-electron chi connectivity index (χ3n) is 6.55. The van der Waals surface area contributed by atoms with Gasteiger partial charge in [-0.2, -0.15) is 0 Å². The van der Waals surface area contributed by atoms with E-state index in [9.17, 15) is 9.59 Å². The second-order valence-electron chi connectivity index (χ2n) is 8.94. The standard InChI is InChI=1S/C23H31N7O2/c1-15-18(27-22(32)29(2)3)5-4-12-30(15)20-14-25-13-19(28-20)26-17-8-6-16(7-9-17)23(10-11-23)21(24)31/h6-9,13-15,18H,4-5,10-12H2,1-3H3,(H2,24,31)(H,26,28)(H,27,32)/t15-,18-/m1/s1. The van der Waals surface area contributed by atoms with Crippen molar-refractivity contribution in [2.45, 2.75) is 50.1 Å². The highest BCUT2D eigenvalue weighted by Gasteiger charge is 2.49. The van der Waals surface area contributed by atoms with E-state index < -0.39 is 5.41 Å². The molecule has 0 bridgehead atoms. The summed E-state index contributed by atoms with van der Waals surface area (Å²) in [4.78, 5) is 36.7. The van der Waals surface area contributed by atoms with Crippen molar-refractivity contribution >= 4 is 29.3 Å². The molecular weight excluding hydrogens is 406 g/mol. The van der Waals surface area contributed by atoms with Gasteiger partial charge < -0.3 is 26.2 Å². The Labute approximate surface area is 188 Å². The van der Waals surface area contributed by atoms with E-state index >= 15 is 0 Å². The average molecular weight is 438 g/mol. The Morgan fingerprint density at radius 1 is 1.19 bits per heavy atom. The first kappa shape index (κ1) is 21.9. The molecule has 9 heteroatoms. The summed E-state index contributed by atoms with van der Waals surface area (Å²) in [6.07, 6.45) is 6.96. The SMILES string of the molecule is C[C@@H]1[C@H](NC(=O)N(C)C)CCCN1c1cncc(Nc2ccc(C3(C(N)=O)CC3)cc2)n1. The van der Waals surface area contributed by atoms with E-state index in [2.05, 4.69) is 27.4 Å². The first-order valence-corrected chi connectivity index (χ1v) is 11.0. The number of rotatable bonds is 6. The summed E-state index contributed by atoms with van der Waals surface area (Å²) in [6, 6.07) is 7.82. The lowest BCUT2D eigenvalue weighted by atomic mass is 9.95. The number of carbonyl (C=O) groups is 2. The number of nitrogens with zero attached hydrogens (tertiary/aromatic N) is 4. The molecule has 1 aromatic heterocycles. The Hall–Kier alpha value is -3.36. The van der Waals surface area contributed by atoms with Crippen molar-refractivity contribution in [1.82, 2.24) is 20.2 Å². The van der Waals surface area contributed by atoms with Gasteiger partial charge in [0, 0.05) is 32.4 Å². The molecule has 2 atom stereocenters. The van der Waals surface area contributed by atoms with Crippen molar-refractivity contribution in [1.29, 1.82) is 0 Å². The van der Waals surface area contributed by atoms with Crippen LogP contribution in [-0.2, 0) is 10.2 Å². The second kappa shape index (κ2) is 8.64. The molecule has 1 saturated carbocycles. The number of amides is 3. The molecule has 170 valence electrons. The Morgan fingerprint density at radius 2 is 1.91 bits per heavy atom. The van der Waals surface area contributed by atoms with Crippen LogP contribution in [0.15, 0.2) is 36.7 Å². The number of nitrogens with one attached hydrogen (secondary N) is 2. The van der Waals surface area contributed by atoms with Gasteiger partial charge in [0.05, 0.1) is 23.9 Å². The van der Waals surface area contributed by atoms with Crippen LogP contribution < -0.4 is 21.3 Å². The summed E-state index contributed by atoms with van der Waals surface area (Å²) in [5, 5.41) is 6.39. The van der Waals surface area contributed by atoms with E-state index in [1.807, 2.05) is 24.3 Å². The lowest BCUT2D eigenvalue weighted by Crippen LogP contribution is -2.56. The number of urea groups is 1. The minimum absolute atomic E-state index is 0.0459. The van der Waals surface area contributed by atoms with E-state index in [1.165, 1.54) is 0 Å². The highest BCUT2D eigenvalue weighted by atomic mass is 16.2. The monoisotopic (exact) mass is 437 g/mol. The molecule has 2 aliphatic rings. The Morgan fingerprint density at radius 3 is 2.53 bits per heavy atom. The molecule has 1 aromatic carbocycles. The van der Waals surface area contributed by atoms with Crippen molar-refractivity contribution in [3.05, 3.63) is 42.2 Å². The fourth-order valence-electron chi connectivity index (χ4n) is 4.32. The molecule has 0 unspecified atom stereocenters. The molecule has 2 fully saturated rings. The van der Waals surface area contributed by atoms with Crippen molar-refractivity contribution in [3.8, 4) is 0 Å². The normalized spacial score (nSPS) is 21.5. The summed E-state index contributed by atoms with van der Waals surface area (Å²) < 4.78 is 0. The Kier molecular flexibility index (Phi) is 5.90. The maximum atomic E-state index is 12.1. The van der Waals surface area contributed by atoms with Gasteiger partial charge in [0.2, 0.25) is 5.91 Å². The van der Waals surface area contributed by atoms with Crippen molar-refractivity contribution in [3.63, 3.8) is 0 Å². The highest BCUT2D eigenvalue weighted by molar-refractivity contribution is 5.90. The minimum Gasteiger partial charge on any atom is -0.369 e. The summed E-state index contributed by atoms with van der Waals surface area (Å²) in [5.41, 5.74) is 6.91. The summed E-state index contributed by atoms with van der Waals surface area (Å²) in [6.45, 7) is 2.96. The molecule has 1 saturated heterocycles. The summed E-state index contributed by atoms with van der Waals surface area (Å²) >= 11 is 0. The maximum absolute atomic E-state index is 12.1. The molecule has 0 radical (unpaired) electrons. The van der Waals surface area contributed by atoms with E-state index in [0.29, 0.717) is 5.82 Å². The highest BCUT2D eigenvalue weighted by Crippen LogP contribution is 2.48. The van der Waals surface area contributed by atoms with Crippen molar-refractivity contribution in [2.24, 2.45) is 5.73 Å². The van der Waals surface area contributed by atoms with Crippen LogP contribution in [0.3, 0.4) is 0 Å². The molecule has 1 aliphatic heterocycles. The predicted molar refractivity (Wildman–Crippen MR) is 124 cm³/mol. The van der Waals surface area contributed by atoms with Gasteiger partial charge in [0.25, 0.3) is 0 Å². The molecule has 32 heavy (non-hydrogen) atoms. The number of aromatic nitrogens is 2. The zero-order valence-corrected chi connectivity index (χ0v) is 18.8. The number of piperidine rings is 1. The van der Waals surface area contributed by atoms with Crippen LogP contribution in [0.4, 0.5) is 22.1 Å². The van der Waals surface area contributed by atoms with Gasteiger partial charge in [0.1, 0.15) is 5.82 Å². The van der Waals surface area contributed by atoms with E-state index in [4.69, 9.17) is 10.7 Å². The van der Waals surface area contributed by atoms with Crippen LogP contribution in [0.2, 0.25) is 0 Å². The molecule has 1 aliphatic carbocycles. The third kappa shape index (κ3) is 4.32.